The van der Waals surface area contributed by atoms with Crippen molar-refractivity contribution >= 4 is 32.7 Å². The fourth-order valence-corrected chi connectivity index (χ4v) is 6.57. The number of aromatic amines is 1. The van der Waals surface area contributed by atoms with Crippen LogP contribution in [0.2, 0.25) is 0 Å². The minimum absolute atomic E-state index is 0.0476. The Balaban J connectivity index is 1.35. The van der Waals surface area contributed by atoms with E-state index in [0.29, 0.717) is 29.5 Å². The molecule has 3 aromatic carbocycles. The number of sulfonamides is 1. The Hall–Kier alpha value is -4.02. The van der Waals surface area contributed by atoms with Crippen LogP contribution in [0.4, 0.5) is 0 Å². The number of carbonyl (C=O) groups excluding carboxylic acids is 2. The number of nitrogens with one attached hydrogen (secondary N) is 3. The van der Waals surface area contributed by atoms with E-state index >= 15 is 0 Å². The maximum atomic E-state index is 14.1. The van der Waals surface area contributed by atoms with Crippen molar-refractivity contribution in [2.75, 3.05) is 12.8 Å². The predicted octanol–water partition coefficient (Wildman–Crippen LogP) is 3.71. The molecule has 206 valence electrons. The van der Waals surface area contributed by atoms with E-state index in [9.17, 15) is 18.0 Å². The molecule has 0 bridgehead atoms. The van der Waals surface area contributed by atoms with Crippen LogP contribution in [0, 0.1) is 5.41 Å². The number of hydrogen-bond donors (Lipinski definition) is 3. The van der Waals surface area contributed by atoms with Crippen molar-refractivity contribution in [2.24, 2.45) is 5.41 Å². The monoisotopic (exact) mass is 557 g/mol. The number of hydrogen-bond acceptors (Lipinski definition) is 5. The molecule has 2 fully saturated rings. The number of H-pyrrole nitrogens is 1. The van der Waals surface area contributed by atoms with Crippen LogP contribution < -0.4 is 10.0 Å². The van der Waals surface area contributed by atoms with Crippen LogP contribution in [0.3, 0.4) is 0 Å². The Morgan fingerprint density at radius 1 is 0.950 bits per heavy atom. The molecule has 4 aromatic rings. The van der Waals surface area contributed by atoms with Gasteiger partial charge in [0.2, 0.25) is 15.9 Å². The minimum atomic E-state index is -3.64. The third kappa shape index (κ3) is 5.24. The van der Waals surface area contributed by atoms with E-state index in [4.69, 9.17) is 0 Å². The normalized spacial score (nSPS) is 19.4. The van der Waals surface area contributed by atoms with Crippen molar-refractivity contribution in [3.05, 3.63) is 102 Å². The van der Waals surface area contributed by atoms with E-state index < -0.39 is 28.1 Å². The topological polar surface area (TPSA) is 124 Å². The molecule has 10 heteroatoms. The lowest BCUT2D eigenvalue weighted by Crippen LogP contribution is -2.49. The number of carbonyl (C=O) groups is 2. The Morgan fingerprint density at radius 3 is 2.23 bits per heavy atom. The van der Waals surface area contributed by atoms with Gasteiger partial charge >= 0.3 is 0 Å². The van der Waals surface area contributed by atoms with E-state index in [1.807, 2.05) is 66.7 Å². The summed E-state index contributed by atoms with van der Waals surface area (Å²) < 4.78 is 27.7. The molecule has 6 rings (SSSR count). The number of benzene rings is 3. The summed E-state index contributed by atoms with van der Waals surface area (Å²) in [5, 5.41) is 10.9. The molecule has 3 atom stereocenters. The highest BCUT2D eigenvalue weighted by Gasteiger charge is 2.55. The Kier molecular flexibility index (Phi) is 6.67. The molecule has 2 amide bonds. The molecule has 3 N–H and O–H groups in total. The van der Waals surface area contributed by atoms with Crippen LogP contribution in [0.25, 0.3) is 10.9 Å². The third-order valence-corrected chi connectivity index (χ3v) is 8.72. The zero-order valence-electron chi connectivity index (χ0n) is 22.1. The zero-order valence-corrected chi connectivity index (χ0v) is 22.9. The zero-order chi connectivity index (χ0) is 27.9. The van der Waals surface area contributed by atoms with Crippen LogP contribution in [0.15, 0.2) is 85.1 Å². The highest BCUT2D eigenvalue weighted by atomic mass is 32.2. The molecule has 0 unspecified atom stereocenters. The van der Waals surface area contributed by atoms with Gasteiger partial charge in [0.1, 0.15) is 6.04 Å². The van der Waals surface area contributed by atoms with Gasteiger partial charge in [-0.25, -0.2) is 13.1 Å². The average molecular weight is 558 g/mol. The molecule has 40 heavy (non-hydrogen) atoms. The fourth-order valence-electron chi connectivity index (χ4n) is 5.84. The second-order valence-corrected chi connectivity index (χ2v) is 12.7. The molecule has 1 saturated carbocycles. The van der Waals surface area contributed by atoms with Gasteiger partial charge in [-0.05, 0) is 47.9 Å². The van der Waals surface area contributed by atoms with Crippen molar-refractivity contribution < 1.29 is 18.0 Å². The average Bonchev–Trinajstić information content (AvgIpc) is 3.35. The lowest BCUT2D eigenvalue weighted by molar-refractivity contribution is -0.125. The van der Waals surface area contributed by atoms with Gasteiger partial charge in [0.15, 0.2) is 0 Å². The summed E-state index contributed by atoms with van der Waals surface area (Å²) in [6, 6.07) is 21.8. The molecule has 1 spiro atoms. The van der Waals surface area contributed by atoms with Gasteiger partial charge in [0.25, 0.3) is 5.91 Å². The van der Waals surface area contributed by atoms with Crippen molar-refractivity contribution in [2.45, 2.75) is 37.4 Å². The number of rotatable bonds is 8. The lowest BCUT2D eigenvalue weighted by Gasteiger charge is -2.32. The fraction of sp³-hybridized carbons (Fsp3) is 0.300. The second kappa shape index (κ2) is 10.2. The van der Waals surface area contributed by atoms with Crippen molar-refractivity contribution in [1.29, 1.82) is 0 Å². The molecule has 1 saturated heterocycles. The van der Waals surface area contributed by atoms with Gasteiger partial charge in [0, 0.05) is 11.9 Å². The van der Waals surface area contributed by atoms with Gasteiger partial charge in [0.05, 0.1) is 35.6 Å². The lowest BCUT2D eigenvalue weighted by atomic mass is 9.93. The number of nitrogens with zero attached hydrogens (tertiary/aromatic N) is 2. The van der Waals surface area contributed by atoms with Gasteiger partial charge in [-0.15, -0.1) is 0 Å². The molecule has 0 radical (unpaired) electrons. The number of fused-ring (bicyclic) bond motifs is 1. The van der Waals surface area contributed by atoms with E-state index in [0.717, 1.165) is 30.2 Å². The Morgan fingerprint density at radius 2 is 1.60 bits per heavy atom. The summed E-state index contributed by atoms with van der Waals surface area (Å²) in [4.78, 5) is 29.7. The molecular weight excluding hydrogens is 526 g/mol. The van der Waals surface area contributed by atoms with Crippen LogP contribution in [-0.2, 0) is 14.8 Å². The standard InChI is InChI=1S/C30H31N5O4S/c1-40(38,39)34-27(21-11-6-3-7-12-21)26(20-9-4-2-5-10-20)32-28(36)25-17-30(15-16-30)19-35(25)29(37)22-13-8-14-24-23(22)18-31-33-24/h2-14,18,25-27,34H,15-17,19H2,1H3,(H,31,33)(H,32,36)/t25-,26+,27+/m0/s1. The number of amides is 2. The number of aromatic nitrogens is 2. The molecule has 9 nitrogen and oxygen atoms in total. The van der Waals surface area contributed by atoms with E-state index in [2.05, 4.69) is 20.2 Å². The first kappa shape index (κ1) is 26.2. The summed E-state index contributed by atoms with van der Waals surface area (Å²) in [6.45, 7) is 0.512. The smallest absolute Gasteiger partial charge is 0.255 e. The van der Waals surface area contributed by atoms with Crippen molar-refractivity contribution in [3.63, 3.8) is 0 Å². The first-order chi connectivity index (χ1) is 19.2. The molecule has 1 aliphatic heterocycles. The van der Waals surface area contributed by atoms with Crippen LogP contribution in [0.5, 0.6) is 0 Å². The van der Waals surface area contributed by atoms with Crippen molar-refractivity contribution in [3.8, 4) is 0 Å². The minimum Gasteiger partial charge on any atom is -0.346 e. The highest BCUT2D eigenvalue weighted by Crippen LogP contribution is 2.55. The molecule has 1 aromatic heterocycles. The molecule has 2 heterocycles. The van der Waals surface area contributed by atoms with E-state index in [1.54, 1.807) is 23.2 Å². The largest absolute Gasteiger partial charge is 0.346 e. The van der Waals surface area contributed by atoms with Crippen molar-refractivity contribution in [1.82, 2.24) is 25.1 Å². The second-order valence-electron chi connectivity index (χ2n) is 11.0. The Labute approximate surface area is 233 Å². The van der Waals surface area contributed by atoms with E-state index in [1.165, 1.54) is 0 Å². The van der Waals surface area contributed by atoms with Crippen LogP contribution >= 0.6 is 0 Å². The third-order valence-electron chi connectivity index (χ3n) is 8.03. The Bertz CT molecular complexity index is 1650. The van der Waals surface area contributed by atoms with Gasteiger partial charge in [-0.2, -0.15) is 5.10 Å². The van der Waals surface area contributed by atoms with Crippen LogP contribution in [0.1, 0.15) is 52.8 Å². The highest BCUT2D eigenvalue weighted by molar-refractivity contribution is 7.88. The summed E-state index contributed by atoms with van der Waals surface area (Å²) >= 11 is 0. The molecular formula is C30H31N5O4S. The van der Waals surface area contributed by atoms with Gasteiger partial charge in [-0.3, -0.25) is 14.7 Å². The first-order valence-corrected chi connectivity index (χ1v) is 15.2. The summed E-state index contributed by atoms with van der Waals surface area (Å²) in [5.41, 5.74) is 2.68. The predicted molar refractivity (Wildman–Crippen MR) is 152 cm³/mol. The summed E-state index contributed by atoms with van der Waals surface area (Å²) in [7, 11) is -3.64. The van der Waals surface area contributed by atoms with Gasteiger partial charge in [-0.1, -0.05) is 66.7 Å². The maximum Gasteiger partial charge on any atom is 0.255 e. The quantitative estimate of drug-likeness (QED) is 0.305. The summed E-state index contributed by atoms with van der Waals surface area (Å²) in [5.74, 6) is -0.511. The maximum absolute atomic E-state index is 14.1. The van der Waals surface area contributed by atoms with Crippen LogP contribution in [-0.4, -0.2) is 54.2 Å². The number of likely N-dealkylation sites (tertiary alicyclic amines) is 1. The van der Waals surface area contributed by atoms with E-state index in [-0.39, 0.29) is 17.2 Å². The molecule has 2 aliphatic rings. The molecule has 1 aliphatic carbocycles. The summed E-state index contributed by atoms with van der Waals surface area (Å²) in [6.07, 6.45) is 5.26. The SMILES string of the molecule is CS(=O)(=O)N[C@H](c1ccccc1)[C@H](NC(=O)[C@@H]1CC2(CC2)CN1C(=O)c1cccc2[nH]ncc12)c1ccccc1. The van der Waals surface area contributed by atoms with Gasteiger partial charge < -0.3 is 10.2 Å². The first-order valence-electron chi connectivity index (χ1n) is 13.3.